The Bertz CT molecular complexity index is 520. The van der Waals surface area contributed by atoms with Gasteiger partial charge in [0.15, 0.2) is 0 Å². The Morgan fingerprint density at radius 3 is 2.50 bits per heavy atom. The number of carbonyl (C=O) groups is 2. The second kappa shape index (κ2) is 9.09. The third kappa shape index (κ3) is 6.62. The van der Waals surface area contributed by atoms with E-state index in [0.717, 1.165) is 12.0 Å². The predicted octanol–water partition coefficient (Wildman–Crippen LogP) is 3.01. The summed E-state index contributed by atoms with van der Waals surface area (Å²) in [6.45, 7) is 7.09. The normalized spacial score (nSPS) is 10.2. The molecule has 6 nitrogen and oxygen atoms in total. The maximum absolute atomic E-state index is 11.8. The van der Waals surface area contributed by atoms with Crippen LogP contribution in [0.1, 0.15) is 12.0 Å². The molecule has 0 aromatic heterocycles. The molecule has 0 bridgehead atoms. The van der Waals surface area contributed by atoms with Crippen LogP contribution in [0.4, 0.5) is 21.0 Å². The topological polar surface area (TPSA) is 82.3 Å². The molecule has 121 valence electrons. The fourth-order valence-electron chi connectivity index (χ4n) is 1.84. The van der Waals surface area contributed by atoms with Crippen LogP contribution in [0.3, 0.4) is 0 Å². The van der Waals surface area contributed by atoms with E-state index in [-0.39, 0.29) is 20.9 Å². The van der Waals surface area contributed by atoms with Gasteiger partial charge in [-0.25, -0.2) is 9.59 Å². The zero-order valence-corrected chi connectivity index (χ0v) is 14.7. The molecule has 4 N–H and O–H groups in total. The first kappa shape index (κ1) is 18.0. The minimum absolute atomic E-state index is 0.226. The van der Waals surface area contributed by atoms with Crippen LogP contribution in [0.2, 0.25) is 19.1 Å². The van der Waals surface area contributed by atoms with Crippen LogP contribution in [-0.4, -0.2) is 34.5 Å². The zero-order valence-electron chi connectivity index (χ0n) is 13.7. The molecule has 0 fully saturated rings. The van der Waals surface area contributed by atoms with Crippen molar-refractivity contribution in [2.45, 2.75) is 32.5 Å². The maximum Gasteiger partial charge on any atom is 0.319 e. The zero-order chi connectivity index (χ0) is 16.5. The summed E-state index contributed by atoms with van der Waals surface area (Å²) in [5.74, 6) is 0. The first-order valence-corrected chi connectivity index (χ1v) is 10.1. The van der Waals surface area contributed by atoms with Crippen molar-refractivity contribution in [3.63, 3.8) is 0 Å². The summed E-state index contributed by atoms with van der Waals surface area (Å²) in [6.07, 6.45) is 1.01. The van der Waals surface area contributed by atoms with Crippen molar-refractivity contribution in [3.05, 3.63) is 23.8 Å². The fourth-order valence-corrected chi connectivity index (χ4v) is 2.72. The number of urea groups is 2. The average molecular weight is 321 g/mol. The highest BCUT2D eigenvalue weighted by molar-refractivity contribution is 6.55. The van der Waals surface area contributed by atoms with Crippen molar-refractivity contribution >= 4 is 32.2 Å². The number of carbonyl (C=O) groups excluding carboxylic acids is 2. The Morgan fingerprint density at radius 2 is 1.86 bits per heavy atom. The van der Waals surface area contributed by atoms with Gasteiger partial charge >= 0.3 is 12.1 Å². The van der Waals surface area contributed by atoms with Gasteiger partial charge in [-0.2, -0.15) is 0 Å². The van der Waals surface area contributed by atoms with Crippen LogP contribution in [0.5, 0.6) is 0 Å². The van der Waals surface area contributed by atoms with Crippen molar-refractivity contribution in [1.82, 2.24) is 10.6 Å². The minimum Gasteiger partial charge on any atom is -0.341 e. The van der Waals surface area contributed by atoms with E-state index in [4.69, 9.17) is 0 Å². The van der Waals surface area contributed by atoms with E-state index in [1.807, 2.05) is 19.1 Å². The lowest BCUT2D eigenvalue weighted by molar-refractivity contribution is 0.252. The number of rotatable bonds is 6. The van der Waals surface area contributed by atoms with Gasteiger partial charge in [0.05, 0.1) is 0 Å². The van der Waals surface area contributed by atoms with Gasteiger partial charge in [-0.15, -0.1) is 0 Å². The molecule has 0 spiro atoms. The van der Waals surface area contributed by atoms with Crippen LogP contribution in [-0.2, 0) is 0 Å². The summed E-state index contributed by atoms with van der Waals surface area (Å²) < 4.78 is 0. The van der Waals surface area contributed by atoms with Gasteiger partial charge in [0.2, 0.25) is 0 Å². The van der Waals surface area contributed by atoms with E-state index in [2.05, 4.69) is 34.4 Å². The van der Waals surface area contributed by atoms with Gasteiger partial charge in [0.1, 0.15) is 0 Å². The molecule has 0 aliphatic rings. The number of benzene rings is 1. The van der Waals surface area contributed by atoms with E-state index >= 15 is 0 Å². The van der Waals surface area contributed by atoms with Gasteiger partial charge in [0, 0.05) is 33.8 Å². The molecule has 0 atom stereocenters. The van der Waals surface area contributed by atoms with Gasteiger partial charge in [-0.05, 0) is 31.0 Å². The van der Waals surface area contributed by atoms with E-state index in [1.54, 1.807) is 13.1 Å². The molecule has 1 aromatic carbocycles. The summed E-state index contributed by atoms with van der Waals surface area (Å²) in [6, 6.07) is 6.07. The summed E-state index contributed by atoms with van der Waals surface area (Å²) in [5, 5.41) is 10.8. The lowest BCUT2D eigenvalue weighted by Gasteiger charge is -2.12. The van der Waals surface area contributed by atoms with Crippen LogP contribution in [0.15, 0.2) is 18.2 Å². The minimum atomic E-state index is -0.290. The van der Waals surface area contributed by atoms with E-state index in [1.165, 1.54) is 6.04 Å². The first-order chi connectivity index (χ1) is 10.4. The highest BCUT2D eigenvalue weighted by Gasteiger charge is 2.06. The highest BCUT2D eigenvalue weighted by Crippen LogP contribution is 2.20. The Kier molecular flexibility index (Phi) is 7.45. The molecular weight excluding hydrogens is 296 g/mol. The SMILES string of the molecule is CNC(=O)Nc1cc(NC(=O)NCCC[Si](C)C)ccc1C. The largest absolute Gasteiger partial charge is 0.341 e. The third-order valence-corrected chi connectivity index (χ3v) is 4.46. The van der Waals surface area contributed by atoms with Gasteiger partial charge in [0.25, 0.3) is 0 Å². The van der Waals surface area contributed by atoms with E-state index in [9.17, 15) is 9.59 Å². The summed E-state index contributed by atoms with van der Waals surface area (Å²) in [5.41, 5.74) is 2.24. The number of amides is 4. The standard InChI is InChI=1S/C15H25N4O2Si/c1-11-6-7-12(10-13(11)19-14(20)16-2)18-15(21)17-8-5-9-22(3)4/h6-7,10H,5,8-9H2,1-4H3,(H2,16,19,20)(H2,17,18,21). The first-order valence-electron chi connectivity index (χ1n) is 7.35. The van der Waals surface area contributed by atoms with Crippen molar-refractivity contribution in [3.8, 4) is 0 Å². The smallest absolute Gasteiger partial charge is 0.319 e. The molecule has 1 aromatic rings. The van der Waals surface area contributed by atoms with Crippen molar-refractivity contribution in [2.75, 3.05) is 24.2 Å². The molecule has 0 saturated heterocycles. The number of anilines is 2. The van der Waals surface area contributed by atoms with Crippen molar-refractivity contribution in [1.29, 1.82) is 0 Å². The third-order valence-electron chi connectivity index (χ3n) is 3.11. The Morgan fingerprint density at radius 1 is 1.14 bits per heavy atom. The Balaban J connectivity index is 2.53. The summed E-state index contributed by atoms with van der Waals surface area (Å²) >= 11 is 0. The van der Waals surface area contributed by atoms with E-state index in [0.29, 0.717) is 17.9 Å². The molecule has 4 amide bonds. The Labute approximate surface area is 133 Å². The Hall–Kier alpha value is -2.02. The number of nitrogens with one attached hydrogen (secondary N) is 4. The predicted molar refractivity (Wildman–Crippen MR) is 93.2 cm³/mol. The fraction of sp³-hybridized carbons (Fsp3) is 0.467. The molecular formula is C15H25N4O2Si. The van der Waals surface area contributed by atoms with Crippen molar-refractivity contribution < 1.29 is 9.59 Å². The van der Waals surface area contributed by atoms with Gasteiger partial charge in [-0.3, -0.25) is 0 Å². The van der Waals surface area contributed by atoms with Gasteiger partial charge in [-0.1, -0.05) is 25.2 Å². The molecule has 0 heterocycles. The van der Waals surface area contributed by atoms with Crippen LogP contribution in [0.25, 0.3) is 0 Å². The summed E-state index contributed by atoms with van der Waals surface area (Å²) in [4.78, 5) is 23.2. The van der Waals surface area contributed by atoms with Crippen molar-refractivity contribution in [2.24, 2.45) is 0 Å². The van der Waals surface area contributed by atoms with Gasteiger partial charge < -0.3 is 21.3 Å². The van der Waals surface area contributed by atoms with Crippen LogP contribution < -0.4 is 21.3 Å². The second-order valence-corrected chi connectivity index (χ2v) is 8.34. The van der Waals surface area contributed by atoms with Crippen LogP contribution in [0, 0.1) is 6.92 Å². The molecule has 0 unspecified atom stereocenters. The quantitative estimate of drug-likeness (QED) is 0.480. The highest BCUT2D eigenvalue weighted by atomic mass is 28.3. The van der Waals surface area contributed by atoms with E-state index < -0.39 is 0 Å². The molecule has 22 heavy (non-hydrogen) atoms. The number of aryl methyl sites for hydroxylation is 1. The molecule has 0 saturated carbocycles. The molecule has 1 radical (unpaired) electrons. The second-order valence-electron chi connectivity index (χ2n) is 5.43. The molecule has 0 aliphatic carbocycles. The monoisotopic (exact) mass is 321 g/mol. The lowest BCUT2D eigenvalue weighted by atomic mass is 10.2. The van der Waals surface area contributed by atoms with Crippen LogP contribution >= 0.6 is 0 Å². The maximum atomic E-state index is 11.8. The number of hydrogen-bond acceptors (Lipinski definition) is 2. The molecule has 1 rings (SSSR count). The molecule has 0 aliphatic heterocycles. The lowest BCUT2D eigenvalue weighted by Crippen LogP contribution is -2.30. The average Bonchev–Trinajstić information content (AvgIpc) is 2.46. The number of hydrogen-bond donors (Lipinski definition) is 4. The molecule has 7 heteroatoms. The summed E-state index contributed by atoms with van der Waals surface area (Å²) in [7, 11) is 1.32.